The minimum atomic E-state index is -0.173. The first-order chi connectivity index (χ1) is 13.2. The first-order valence-electron chi connectivity index (χ1n) is 9.18. The normalized spacial score (nSPS) is 15.2. The molecule has 5 nitrogen and oxygen atoms in total. The number of para-hydroxylation sites is 1. The number of amides is 1. The second-order valence-electron chi connectivity index (χ2n) is 6.91. The number of ether oxygens (including phenoxy) is 1. The zero-order chi connectivity index (χ0) is 18.6. The van der Waals surface area contributed by atoms with Gasteiger partial charge in [0, 0.05) is 19.5 Å². The van der Waals surface area contributed by atoms with Gasteiger partial charge in [-0.2, -0.15) is 0 Å². The van der Waals surface area contributed by atoms with E-state index in [2.05, 4.69) is 23.4 Å². The molecular formula is C22H22N2O3. The van der Waals surface area contributed by atoms with Crippen LogP contribution < -0.4 is 4.74 Å². The summed E-state index contributed by atoms with van der Waals surface area (Å²) in [6, 6.07) is 19.9. The van der Waals surface area contributed by atoms with Crippen LogP contribution in [-0.2, 0) is 19.3 Å². The Morgan fingerprint density at radius 2 is 1.89 bits per heavy atom. The Hall–Kier alpha value is -3.08. The summed E-state index contributed by atoms with van der Waals surface area (Å²) in [7, 11) is 1.76. The number of carbonyl (C=O) groups excluding carboxylic acids is 1. The number of aromatic nitrogens is 1. The molecule has 0 saturated heterocycles. The van der Waals surface area contributed by atoms with E-state index in [-0.39, 0.29) is 17.8 Å². The van der Waals surface area contributed by atoms with Gasteiger partial charge in [0.25, 0.3) is 5.91 Å². The summed E-state index contributed by atoms with van der Waals surface area (Å²) in [5, 5.41) is 4.05. The first kappa shape index (κ1) is 17.3. The number of hydrogen-bond donors (Lipinski definition) is 0. The molecule has 1 aliphatic heterocycles. The van der Waals surface area contributed by atoms with Crippen molar-refractivity contribution in [2.45, 2.75) is 25.4 Å². The van der Waals surface area contributed by atoms with Crippen LogP contribution in [0.15, 0.2) is 65.2 Å². The van der Waals surface area contributed by atoms with E-state index in [1.165, 1.54) is 11.1 Å². The van der Waals surface area contributed by atoms with E-state index in [0.717, 1.165) is 30.7 Å². The van der Waals surface area contributed by atoms with E-state index < -0.39 is 0 Å². The minimum absolute atomic E-state index is 0.0307. The number of rotatable bonds is 6. The van der Waals surface area contributed by atoms with Crippen LogP contribution in [-0.4, -0.2) is 35.7 Å². The fourth-order valence-electron chi connectivity index (χ4n) is 3.38. The first-order valence-corrected chi connectivity index (χ1v) is 9.18. The van der Waals surface area contributed by atoms with Crippen LogP contribution in [0.2, 0.25) is 0 Å². The second-order valence-corrected chi connectivity index (χ2v) is 6.91. The van der Waals surface area contributed by atoms with E-state index in [1.807, 2.05) is 36.4 Å². The lowest BCUT2D eigenvalue weighted by molar-refractivity contribution is 0.0690. The fraction of sp³-hybridized carbons (Fsp3) is 0.273. The summed E-state index contributed by atoms with van der Waals surface area (Å²) in [5.74, 6) is 1.01. The van der Waals surface area contributed by atoms with Gasteiger partial charge in [-0.05, 0) is 30.0 Å². The smallest absolute Gasteiger partial charge is 0.292 e. The molecule has 1 aromatic heterocycles. The average molecular weight is 362 g/mol. The van der Waals surface area contributed by atoms with Gasteiger partial charge >= 0.3 is 0 Å². The van der Waals surface area contributed by atoms with Crippen molar-refractivity contribution < 1.29 is 14.1 Å². The third kappa shape index (κ3) is 4.03. The zero-order valence-corrected chi connectivity index (χ0v) is 15.3. The lowest BCUT2D eigenvalue weighted by Gasteiger charge is -2.19. The molecule has 5 heteroatoms. The van der Waals surface area contributed by atoms with Crippen molar-refractivity contribution in [3.05, 3.63) is 83.2 Å². The molecule has 3 aromatic rings. The molecule has 1 unspecified atom stereocenters. The Balaban J connectivity index is 1.32. The summed E-state index contributed by atoms with van der Waals surface area (Å²) < 4.78 is 11.2. The van der Waals surface area contributed by atoms with Crippen molar-refractivity contribution in [1.82, 2.24) is 10.1 Å². The SMILES string of the molecule is CN(CC1Cc2ccccc2O1)C(=O)c1cc(CCc2ccccc2)no1. The molecule has 0 radical (unpaired) electrons. The van der Waals surface area contributed by atoms with E-state index in [4.69, 9.17) is 9.26 Å². The highest BCUT2D eigenvalue weighted by atomic mass is 16.5. The number of fused-ring (bicyclic) bond motifs is 1. The average Bonchev–Trinajstić information content (AvgIpc) is 3.33. The maximum atomic E-state index is 12.6. The standard InChI is InChI=1S/C22H22N2O3/c1-24(15-19-13-17-9-5-6-10-20(17)26-19)22(25)21-14-18(23-27-21)12-11-16-7-3-2-4-8-16/h2-10,14,19H,11-13,15H2,1H3. The van der Waals surface area contributed by atoms with Crippen molar-refractivity contribution in [1.29, 1.82) is 0 Å². The van der Waals surface area contributed by atoms with Crippen molar-refractivity contribution in [3.63, 3.8) is 0 Å². The van der Waals surface area contributed by atoms with Gasteiger partial charge in [-0.25, -0.2) is 0 Å². The number of likely N-dealkylation sites (N-methyl/N-ethyl adjacent to an activating group) is 1. The molecule has 27 heavy (non-hydrogen) atoms. The van der Waals surface area contributed by atoms with Crippen LogP contribution in [0.5, 0.6) is 5.75 Å². The van der Waals surface area contributed by atoms with Crippen LogP contribution in [0.3, 0.4) is 0 Å². The largest absolute Gasteiger partial charge is 0.488 e. The van der Waals surface area contributed by atoms with Gasteiger partial charge in [-0.1, -0.05) is 53.7 Å². The van der Waals surface area contributed by atoms with Gasteiger partial charge in [-0.15, -0.1) is 0 Å². The highest BCUT2D eigenvalue weighted by molar-refractivity contribution is 5.91. The van der Waals surface area contributed by atoms with Crippen LogP contribution in [0.25, 0.3) is 0 Å². The number of nitrogens with zero attached hydrogens (tertiary/aromatic N) is 2. The fourth-order valence-corrected chi connectivity index (χ4v) is 3.38. The molecule has 4 rings (SSSR count). The molecule has 2 heterocycles. The number of carbonyl (C=O) groups is 1. The molecule has 0 saturated carbocycles. The Morgan fingerprint density at radius 3 is 2.70 bits per heavy atom. The quantitative estimate of drug-likeness (QED) is 0.673. The topological polar surface area (TPSA) is 55.6 Å². The summed E-state index contributed by atoms with van der Waals surface area (Å²) in [4.78, 5) is 14.3. The molecule has 2 aromatic carbocycles. The highest BCUT2D eigenvalue weighted by Gasteiger charge is 2.26. The predicted octanol–water partition coefficient (Wildman–Crippen LogP) is 3.54. The van der Waals surface area contributed by atoms with Crippen molar-refractivity contribution in [2.75, 3.05) is 13.6 Å². The Morgan fingerprint density at radius 1 is 1.11 bits per heavy atom. The molecule has 0 bridgehead atoms. The molecule has 0 N–H and O–H groups in total. The second kappa shape index (κ2) is 7.66. The molecule has 0 spiro atoms. The molecule has 1 amide bonds. The predicted molar refractivity (Wildman–Crippen MR) is 102 cm³/mol. The van der Waals surface area contributed by atoms with Crippen LogP contribution in [0.1, 0.15) is 27.4 Å². The zero-order valence-electron chi connectivity index (χ0n) is 15.3. The van der Waals surface area contributed by atoms with Crippen molar-refractivity contribution >= 4 is 5.91 Å². The third-order valence-corrected chi connectivity index (χ3v) is 4.82. The lowest BCUT2D eigenvalue weighted by atomic mass is 10.1. The summed E-state index contributed by atoms with van der Waals surface area (Å²) in [6.45, 7) is 0.508. The van der Waals surface area contributed by atoms with E-state index in [0.29, 0.717) is 6.54 Å². The molecular weight excluding hydrogens is 340 g/mol. The maximum Gasteiger partial charge on any atom is 0.292 e. The van der Waals surface area contributed by atoms with Gasteiger partial charge in [0.15, 0.2) is 0 Å². The minimum Gasteiger partial charge on any atom is -0.488 e. The molecule has 0 aliphatic carbocycles. The van der Waals surface area contributed by atoms with Crippen molar-refractivity contribution in [2.24, 2.45) is 0 Å². The van der Waals surface area contributed by atoms with E-state index >= 15 is 0 Å². The van der Waals surface area contributed by atoms with Gasteiger partial charge in [0.1, 0.15) is 11.9 Å². The third-order valence-electron chi connectivity index (χ3n) is 4.82. The van der Waals surface area contributed by atoms with Gasteiger partial charge in [0.05, 0.1) is 12.2 Å². The number of hydrogen-bond acceptors (Lipinski definition) is 4. The van der Waals surface area contributed by atoms with Gasteiger partial charge < -0.3 is 14.2 Å². The van der Waals surface area contributed by atoms with Gasteiger partial charge in [-0.3, -0.25) is 4.79 Å². The van der Waals surface area contributed by atoms with Crippen molar-refractivity contribution in [3.8, 4) is 5.75 Å². The molecule has 1 atom stereocenters. The molecule has 138 valence electrons. The summed E-state index contributed by atoms with van der Waals surface area (Å²) in [5.41, 5.74) is 3.22. The Bertz CT molecular complexity index is 895. The Kier molecular flexibility index (Phi) is 4.92. The highest BCUT2D eigenvalue weighted by Crippen LogP contribution is 2.28. The number of aryl methyl sites for hydroxylation is 2. The number of benzene rings is 2. The summed E-state index contributed by atoms with van der Waals surface area (Å²) in [6.07, 6.45) is 2.39. The van der Waals surface area contributed by atoms with E-state index in [1.54, 1.807) is 18.0 Å². The molecule has 0 fully saturated rings. The van der Waals surface area contributed by atoms with Gasteiger partial charge in [0.2, 0.25) is 5.76 Å². The van der Waals surface area contributed by atoms with Crippen LogP contribution in [0, 0.1) is 0 Å². The maximum absolute atomic E-state index is 12.6. The van der Waals surface area contributed by atoms with Crippen LogP contribution >= 0.6 is 0 Å². The van der Waals surface area contributed by atoms with Crippen LogP contribution in [0.4, 0.5) is 0 Å². The van der Waals surface area contributed by atoms with E-state index in [9.17, 15) is 4.79 Å². The Labute approximate surface area is 158 Å². The lowest BCUT2D eigenvalue weighted by Crippen LogP contribution is -2.36. The molecule has 1 aliphatic rings. The monoisotopic (exact) mass is 362 g/mol. The summed E-state index contributed by atoms with van der Waals surface area (Å²) >= 11 is 0.